The maximum absolute atomic E-state index is 11.5. The van der Waals surface area contributed by atoms with Crippen LogP contribution >= 0.6 is 0 Å². The first kappa shape index (κ1) is 20.7. The average molecular weight is 447 g/mol. The van der Waals surface area contributed by atoms with Crippen molar-refractivity contribution in [3.05, 3.63) is 24.2 Å². The van der Waals surface area contributed by atoms with Crippen molar-refractivity contribution in [2.24, 2.45) is 17.8 Å². The highest BCUT2D eigenvalue weighted by Gasteiger charge is 2.43. The summed E-state index contributed by atoms with van der Waals surface area (Å²) < 4.78 is 34.2. The number of nitrogens with zero attached hydrogens (tertiary/aromatic N) is 4. The molecule has 1 saturated heterocycles. The first-order valence-electron chi connectivity index (χ1n) is 11.3. The lowest BCUT2D eigenvalue weighted by molar-refractivity contribution is 0.275. The topological polar surface area (TPSA) is 98.4 Å². The van der Waals surface area contributed by atoms with Crippen molar-refractivity contribution < 1.29 is 17.7 Å². The minimum atomic E-state index is -3.22. The summed E-state index contributed by atoms with van der Waals surface area (Å²) >= 11 is 0. The van der Waals surface area contributed by atoms with Crippen LogP contribution in [0.25, 0.3) is 0 Å². The van der Waals surface area contributed by atoms with Crippen LogP contribution in [0, 0.1) is 17.8 Å². The molecular formula is C22H30N4O4S. The zero-order valence-corrected chi connectivity index (χ0v) is 18.8. The normalized spacial score (nSPS) is 24.7. The van der Waals surface area contributed by atoms with Crippen molar-refractivity contribution in [2.45, 2.75) is 55.8 Å². The molecule has 2 aromatic rings. The second kappa shape index (κ2) is 8.41. The van der Waals surface area contributed by atoms with Gasteiger partial charge in [-0.2, -0.15) is 4.98 Å². The van der Waals surface area contributed by atoms with Gasteiger partial charge in [-0.15, -0.1) is 0 Å². The van der Waals surface area contributed by atoms with Crippen molar-refractivity contribution in [2.75, 3.05) is 30.9 Å². The van der Waals surface area contributed by atoms with E-state index < -0.39 is 9.84 Å². The lowest BCUT2D eigenvalue weighted by Gasteiger charge is -2.31. The van der Waals surface area contributed by atoms with E-state index in [9.17, 15) is 8.42 Å². The molecule has 2 unspecified atom stereocenters. The summed E-state index contributed by atoms with van der Waals surface area (Å²) in [5.41, 5.74) is 0. The van der Waals surface area contributed by atoms with Gasteiger partial charge in [-0.05, 0) is 67.5 Å². The van der Waals surface area contributed by atoms with Crippen molar-refractivity contribution in [1.29, 1.82) is 0 Å². The second-order valence-electron chi connectivity index (χ2n) is 9.29. The molecule has 0 radical (unpaired) electrons. The molecule has 0 bridgehead atoms. The van der Waals surface area contributed by atoms with Crippen LogP contribution < -0.4 is 9.64 Å². The summed E-state index contributed by atoms with van der Waals surface area (Å²) in [6.07, 6.45) is 10.8. The monoisotopic (exact) mass is 446 g/mol. The van der Waals surface area contributed by atoms with E-state index in [1.807, 2.05) is 0 Å². The molecule has 2 saturated carbocycles. The lowest BCUT2D eigenvalue weighted by atomic mass is 9.85. The van der Waals surface area contributed by atoms with Crippen LogP contribution in [0.2, 0.25) is 0 Å². The molecule has 9 heteroatoms. The molecule has 0 spiro atoms. The number of sulfone groups is 1. The molecule has 0 aromatic carbocycles. The highest BCUT2D eigenvalue weighted by Crippen LogP contribution is 2.50. The Balaban J connectivity index is 1.03. The van der Waals surface area contributed by atoms with E-state index in [2.05, 4.69) is 20.0 Å². The van der Waals surface area contributed by atoms with Gasteiger partial charge in [0.1, 0.15) is 0 Å². The number of rotatable bonds is 8. The van der Waals surface area contributed by atoms with Crippen LogP contribution in [0.3, 0.4) is 0 Å². The molecule has 3 fully saturated rings. The van der Waals surface area contributed by atoms with Gasteiger partial charge in [-0.1, -0.05) is 6.42 Å². The van der Waals surface area contributed by atoms with Crippen LogP contribution in [0.4, 0.5) is 5.95 Å². The maximum atomic E-state index is 11.5. The van der Waals surface area contributed by atoms with Crippen molar-refractivity contribution in [1.82, 2.24) is 15.1 Å². The third-order valence-electron chi connectivity index (χ3n) is 7.17. The number of ether oxygens (including phenoxy) is 1. The molecule has 0 N–H and O–H groups in total. The van der Waals surface area contributed by atoms with Gasteiger partial charge in [0, 0.05) is 37.5 Å². The highest BCUT2D eigenvalue weighted by atomic mass is 32.2. The van der Waals surface area contributed by atoms with Crippen molar-refractivity contribution in [3.8, 4) is 5.88 Å². The van der Waals surface area contributed by atoms with E-state index in [-0.39, 0.29) is 4.90 Å². The number of hydrogen-bond donors (Lipinski definition) is 0. The van der Waals surface area contributed by atoms with E-state index in [4.69, 9.17) is 9.26 Å². The Hall–Kier alpha value is -2.16. The van der Waals surface area contributed by atoms with Gasteiger partial charge in [0.05, 0.1) is 11.5 Å². The molecule has 3 heterocycles. The van der Waals surface area contributed by atoms with Crippen LogP contribution in [0.15, 0.2) is 27.7 Å². The Morgan fingerprint density at radius 2 is 2.00 bits per heavy atom. The number of pyridine rings is 1. The molecule has 2 aliphatic carbocycles. The summed E-state index contributed by atoms with van der Waals surface area (Å²) in [4.78, 5) is 11.2. The lowest BCUT2D eigenvalue weighted by Crippen LogP contribution is -2.35. The molecule has 2 aromatic heterocycles. The van der Waals surface area contributed by atoms with E-state index in [0.29, 0.717) is 18.4 Å². The third kappa shape index (κ3) is 4.71. The Morgan fingerprint density at radius 1 is 1.19 bits per heavy atom. The highest BCUT2D eigenvalue weighted by molar-refractivity contribution is 7.90. The fraction of sp³-hybridized carbons (Fsp3) is 0.682. The SMILES string of the molecule is CS(=O)(=O)c1ccc(OCCC2CC2C2CCN(c3noc(C4CCC4)n3)CC2)nc1. The van der Waals surface area contributed by atoms with Gasteiger partial charge in [-0.25, -0.2) is 13.4 Å². The fourth-order valence-electron chi connectivity index (χ4n) is 4.87. The summed E-state index contributed by atoms with van der Waals surface area (Å²) in [5.74, 6) is 4.86. The summed E-state index contributed by atoms with van der Waals surface area (Å²) in [7, 11) is -3.22. The van der Waals surface area contributed by atoms with Crippen LogP contribution in [0.5, 0.6) is 5.88 Å². The van der Waals surface area contributed by atoms with Crippen LogP contribution in [-0.4, -0.2) is 49.5 Å². The first-order chi connectivity index (χ1) is 15.0. The average Bonchev–Trinajstić information content (AvgIpc) is 3.33. The first-order valence-corrected chi connectivity index (χ1v) is 13.2. The minimum Gasteiger partial charge on any atom is -0.478 e. The van der Waals surface area contributed by atoms with Crippen LogP contribution in [-0.2, 0) is 9.84 Å². The second-order valence-corrected chi connectivity index (χ2v) is 11.3. The molecule has 8 nitrogen and oxygen atoms in total. The molecule has 1 aliphatic heterocycles. The van der Waals surface area contributed by atoms with E-state index >= 15 is 0 Å². The molecule has 168 valence electrons. The predicted molar refractivity (Wildman–Crippen MR) is 115 cm³/mol. The minimum absolute atomic E-state index is 0.216. The van der Waals surface area contributed by atoms with Crippen molar-refractivity contribution in [3.63, 3.8) is 0 Å². The van der Waals surface area contributed by atoms with E-state index in [1.165, 1.54) is 51.0 Å². The predicted octanol–water partition coefficient (Wildman–Crippen LogP) is 3.46. The van der Waals surface area contributed by atoms with E-state index in [1.54, 1.807) is 12.1 Å². The standard InChI is InChI=1S/C22H30N4O4S/c1-31(27,28)18-5-6-20(23-14-18)29-12-9-17-13-19(17)15-7-10-26(11-8-15)22-24-21(30-25-22)16-3-2-4-16/h5-6,14-17,19H,2-4,7-13H2,1H3. The Bertz CT molecular complexity index is 995. The van der Waals surface area contributed by atoms with Gasteiger partial charge in [0.2, 0.25) is 11.8 Å². The van der Waals surface area contributed by atoms with Gasteiger partial charge >= 0.3 is 0 Å². The quantitative estimate of drug-likeness (QED) is 0.608. The summed E-state index contributed by atoms with van der Waals surface area (Å²) in [5, 5.41) is 4.22. The number of piperidine rings is 1. The Morgan fingerprint density at radius 3 is 2.65 bits per heavy atom. The van der Waals surface area contributed by atoms with E-state index in [0.717, 1.165) is 49.1 Å². The van der Waals surface area contributed by atoms with Gasteiger partial charge in [-0.3, -0.25) is 0 Å². The fourth-order valence-corrected chi connectivity index (χ4v) is 5.43. The molecular weight excluding hydrogens is 416 g/mol. The molecule has 2 atom stereocenters. The Kier molecular flexibility index (Phi) is 5.62. The summed E-state index contributed by atoms with van der Waals surface area (Å²) in [6, 6.07) is 3.18. The Labute approximate surface area is 183 Å². The molecule has 0 amide bonds. The van der Waals surface area contributed by atoms with Crippen LogP contribution in [0.1, 0.15) is 56.8 Å². The number of hydrogen-bond acceptors (Lipinski definition) is 8. The number of anilines is 1. The largest absolute Gasteiger partial charge is 0.478 e. The third-order valence-corrected chi connectivity index (χ3v) is 8.26. The zero-order chi connectivity index (χ0) is 21.4. The zero-order valence-electron chi connectivity index (χ0n) is 17.9. The number of aromatic nitrogens is 3. The summed E-state index contributed by atoms with van der Waals surface area (Å²) in [6.45, 7) is 2.63. The van der Waals surface area contributed by atoms with Gasteiger partial charge < -0.3 is 14.2 Å². The molecule has 3 aliphatic rings. The van der Waals surface area contributed by atoms with Gasteiger partial charge in [0.25, 0.3) is 5.95 Å². The van der Waals surface area contributed by atoms with Crippen molar-refractivity contribution >= 4 is 15.8 Å². The smallest absolute Gasteiger partial charge is 0.266 e. The maximum Gasteiger partial charge on any atom is 0.266 e. The molecule has 5 rings (SSSR count). The van der Waals surface area contributed by atoms with Gasteiger partial charge in [0.15, 0.2) is 9.84 Å². The molecule has 31 heavy (non-hydrogen) atoms.